The molecule has 2 aromatic rings. The summed E-state index contributed by atoms with van der Waals surface area (Å²) in [6.07, 6.45) is 5.33. The van der Waals surface area contributed by atoms with E-state index in [9.17, 15) is 4.79 Å². The molecule has 1 aliphatic carbocycles. The van der Waals surface area contributed by atoms with Crippen LogP contribution in [0.15, 0.2) is 47.6 Å². The van der Waals surface area contributed by atoms with Crippen LogP contribution >= 0.6 is 0 Å². The number of carbonyl (C=O) groups excluding carboxylic acids is 1. The highest BCUT2D eigenvalue weighted by atomic mass is 16.7. The van der Waals surface area contributed by atoms with Crippen molar-refractivity contribution >= 4 is 22.5 Å². The third-order valence-corrected chi connectivity index (χ3v) is 4.38. The maximum absolute atomic E-state index is 12.0. The van der Waals surface area contributed by atoms with Crippen LogP contribution in [0.3, 0.4) is 0 Å². The van der Waals surface area contributed by atoms with Crippen molar-refractivity contribution < 1.29 is 9.63 Å². The minimum absolute atomic E-state index is 0.0295. The maximum Gasteiger partial charge on any atom is 0.338 e. The third-order valence-electron chi connectivity index (χ3n) is 4.38. The summed E-state index contributed by atoms with van der Waals surface area (Å²) in [6.45, 7) is 1.87. The van der Waals surface area contributed by atoms with Crippen LogP contribution in [0.2, 0.25) is 0 Å². The van der Waals surface area contributed by atoms with Crippen molar-refractivity contribution in [3.8, 4) is 0 Å². The van der Waals surface area contributed by atoms with Gasteiger partial charge in [-0.15, -0.1) is 0 Å². The molecule has 1 fully saturated rings. The Hall–Kier alpha value is -2.16. The summed E-state index contributed by atoms with van der Waals surface area (Å²) in [4.78, 5) is 17.2. The zero-order valence-electron chi connectivity index (χ0n) is 12.9. The Morgan fingerprint density at radius 2 is 1.77 bits per heavy atom. The van der Waals surface area contributed by atoms with Crippen LogP contribution < -0.4 is 0 Å². The van der Waals surface area contributed by atoms with Gasteiger partial charge in [0.1, 0.15) is 0 Å². The predicted molar refractivity (Wildman–Crippen MR) is 88.8 cm³/mol. The van der Waals surface area contributed by atoms with Crippen molar-refractivity contribution in [2.45, 2.75) is 39.0 Å². The highest BCUT2D eigenvalue weighted by Gasteiger charge is 2.22. The van der Waals surface area contributed by atoms with Gasteiger partial charge in [0.2, 0.25) is 0 Å². The van der Waals surface area contributed by atoms with Gasteiger partial charge in [0.15, 0.2) is 0 Å². The molecule has 0 aromatic heterocycles. The third kappa shape index (κ3) is 3.35. The number of oxime groups is 1. The number of hydrogen-bond donors (Lipinski definition) is 0. The van der Waals surface area contributed by atoms with Gasteiger partial charge in [-0.25, -0.2) is 4.79 Å². The standard InChI is InChI=1S/C19H21NO2/c1-14(20-22-19(21)16-8-3-2-4-9-16)17-12-11-15-7-5-6-10-18(15)13-17/h5-7,10-13,16H,2-4,8-9H2,1H3. The zero-order valence-corrected chi connectivity index (χ0v) is 12.9. The summed E-state index contributed by atoms with van der Waals surface area (Å²) in [6, 6.07) is 14.3. The highest BCUT2D eigenvalue weighted by Crippen LogP contribution is 2.24. The summed E-state index contributed by atoms with van der Waals surface area (Å²) in [5.41, 5.74) is 1.71. The molecule has 0 atom stereocenters. The second-order valence-electron chi connectivity index (χ2n) is 5.98. The molecule has 3 nitrogen and oxygen atoms in total. The Kier molecular flexibility index (Phi) is 4.52. The number of nitrogens with zero attached hydrogens (tertiary/aromatic N) is 1. The van der Waals surface area contributed by atoms with E-state index in [4.69, 9.17) is 4.84 Å². The second kappa shape index (κ2) is 6.73. The number of benzene rings is 2. The van der Waals surface area contributed by atoms with Gasteiger partial charge < -0.3 is 4.84 Å². The van der Waals surface area contributed by atoms with Crippen LogP contribution in [0.25, 0.3) is 10.8 Å². The highest BCUT2D eigenvalue weighted by molar-refractivity contribution is 6.01. The Morgan fingerprint density at radius 1 is 1.05 bits per heavy atom. The van der Waals surface area contributed by atoms with Crippen molar-refractivity contribution in [1.29, 1.82) is 0 Å². The van der Waals surface area contributed by atoms with Crippen LogP contribution in [0.1, 0.15) is 44.6 Å². The van der Waals surface area contributed by atoms with Crippen LogP contribution in [0, 0.1) is 5.92 Å². The summed E-state index contributed by atoms with van der Waals surface area (Å²) >= 11 is 0. The lowest BCUT2D eigenvalue weighted by Gasteiger charge is -2.18. The normalized spacial score (nSPS) is 16.7. The van der Waals surface area contributed by atoms with Gasteiger partial charge in [-0.1, -0.05) is 60.8 Å². The van der Waals surface area contributed by atoms with Crippen molar-refractivity contribution in [2.75, 3.05) is 0 Å². The molecule has 22 heavy (non-hydrogen) atoms. The van der Waals surface area contributed by atoms with Crippen LogP contribution in [-0.4, -0.2) is 11.7 Å². The minimum atomic E-state index is -0.181. The molecule has 2 aromatic carbocycles. The fourth-order valence-corrected chi connectivity index (χ4v) is 2.99. The summed E-state index contributed by atoms with van der Waals surface area (Å²) in [5, 5.41) is 6.40. The molecule has 0 unspecified atom stereocenters. The van der Waals surface area contributed by atoms with Crippen LogP contribution in [-0.2, 0) is 9.63 Å². The van der Waals surface area contributed by atoms with E-state index >= 15 is 0 Å². The van der Waals surface area contributed by atoms with Crippen molar-refractivity contribution in [1.82, 2.24) is 0 Å². The van der Waals surface area contributed by atoms with Gasteiger partial charge in [-0.3, -0.25) is 0 Å². The van der Waals surface area contributed by atoms with E-state index in [0.717, 1.165) is 42.3 Å². The first kappa shape index (κ1) is 14.8. The molecule has 114 valence electrons. The topological polar surface area (TPSA) is 38.7 Å². The lowest BCUT2D eigenvalue weighted by molar-refractivity contribution is -0.149. The molecule has 1 saturated carbocycles. The number of fused-ring (bicyclic) bond motifs is 1. The summed E-state index contributed by atoms with van der Waals surface area (Å²) in [5.74, 6) is -0.151. The van der Waals surface area contributed by atoms with E-state index < -0.39 is 0 Å². The van der Waals surface area contributed by atoms with Gasteiger partial charge in [0.05, 0.1) is 11.6 Å². The Balaban J connectivity index is 1.71. The molecule has 0 saturated heterocycles. The van der Waals surface area contributed by atoms with Crippen LogP contribution in [0.5, 0.6) is 0 Å². The molecular weight excluding hydrogens is 274 g/mol. The average Bonchev–Trinajstić information content (AvgIpc) is 2.59. The van der Waals surface area contributed by atoms with Crippen molar-refractivity contribution in [2.24, 2.45) is 11.1 Å². The fraction of sp³-hybridized carbons (Fsp3) is 0.368. The van der Waals surface area contributed by atoms with E-state index in [0.29, 0.717) is 0 Å². The molecule has 1 aliphatic rings. The van der Waals surface area contributed by atoms with Crippen LogP contribution in [0.4, 0.5) is 0 Å². The van der Waals surface area contributed by atoms with Gasteiger partial charge in [-0.2, -0.15) is 0 Å². The average molecular weight is 295 g/mol. The maximum atomic E-state index is 12.0. The van der Waals surface area contributed by atoms with Gasteiger partial charge in [0, 0.05) is 0 Å². The largest absolute Gasteiger partial charge is 0.338 e. The molecule has 0 amide bonds. The smallest absolute Gasteiger partial charge is 0.318 e. The van der Waals surface area contributed by atoms with E-state index in [1.807, 2.05) is 25.1 Å². The van der Waals surface area contributed by atoms with E-state index in [1.54, 1.807) is 0 Å². The lowest BCUT2D eigenvalue weighted by Crippen LogP contribution is -2.19. The van der Waals surface area contributed by atoms with Crippen molar-refractivity contribution in [3.05, 3.63) is 48.0 Å². The van der Waals surface area contributed by atoms with E-state index in [-0.39, 0.29) is 11.9 Å². The molecule has 0 spiro atoms. The quantitative estimate of drug-likeness (QED) is 0.468. The first-order valence-electron chi connectivity index (χ1n) is 7.98. The molecule has 0 heterocycles. The zero-order chi connectivity index (χ0) is 15.4. The van der Waals surface area contributed by atoms with E-state index in [1.165, 1.54) is 11.8 Å². The number of rotatable bonds is 3. The SMILES string of the molecule is CC(=NOC(=O)C1CCCCC1)c1ccc2ccccc2c1. The number of hydrogen-bond acceptors (Lipinski definition) is 3. The summed E-state index contributed by atoms with van der Waals surface area (Å²) < 4.78 is 0. The molecule has 0 N–H and O–H groups in total. The fourth-order valence-electron chi connectivity index (χ4n) is 2.99. The Labute approximate surface area is 131 Å². The minimum Gasteiger partial charge on any atom is -0.318 e. The monoisotopic (exact) mass is 295 g/mol. The molecule has 0 aliphatic heterocycles. The molecule has 3 heteroatoms. The van der Waals surface area contributed by atoms with Crippen molar-refractivity contribution in [3.63, 3.8) is 0 Å². The van der Waals surface area contributed by atoms with Gasteiger partial charge >= 0.3 is 5.97 Å². The molecule has 0 radical (unpaired) electrons. The Bertz CT molecular complexity index is 699. The van der Waals surface area contributed by atoms with E-state index in [2.05, 4.69) is 29.4 Å². The molecule has 3 rings (SSSR count). The van der Waals surface area contributed by atoms with Gasteiger partial charge in [-0.05, 0) is 42.2 Å². The first-order valence-corrected chi connectivity index (χ1v) is 7.98. The first-order chi connectivity index (χ1) is 10.7. The predicted octanol–water partition coefficient (Wildman–Crippen LogP) is 4.69. The second-order valence-corrected chi connectivity index (χ2v) is 5.98. The Morgan fingerprint density at radius 3 is 2.55 bits per heavy atom. The number of carbonyl (C=O) groups is 1. The lowest BCUT2D eigenvalue weighted by atomic mass is 9.89. The van der Waals surface area contributed by atoms with Gasteiger partial charge in [0.25, 0.3) is 0 Å². The molecular formula is C19H21NO2. The summed E-state index contributed by atoms with van der Waals surface area (Å²) in [7, 11) is 0. The molecule has 0 bridgehead atoms.